The SMILES string of the molecule is Cc1ccc(C(=O)CSCC(=O)Nc2ccc(Br)cc2)cc1. The zero-order valence-corrected chi connectivity index (χ0v) is 14.5. The third-order valence-corrected chi connectivity index (χ3v) is 4.43. The second kappa shape index (κ2) is 8.15. The molecule has 2 rings (SSSR count). The molecule has 2 aromatic rings. The first-order valence-corrected chi connectivity index (χ1v) is 8.72. The van der Waals surface area contributed by atoms with Crippen molar-refractivity contribution in [2.24, 2.45) is 0 Å². The van der Waals surface area contributed by atoms with Crippen molar-refractivity contribution < 1.29 is 9.59 Å². The maximum absolute atomic E-state index is 12.0. The molecule has 22 heavy (non-hydrogen) atoms. The quantitative estimate of drug-likeness (QED) is 0.762. The van der Waals surface area contributed by atoms with E-state index in [-0.39, 0.29) is 17.4 Å². The van der Waals surface area contributed by atoms with Crippen LogP contribution in [0.5, 0.6) is 0 Å². The zero-order chi connectivity index (χ0) is 15.9. The highest BCUT2D eigenvalue weighted by Gasteiger charge is 2.08. The lowest BCUT2D eigenvalue weighted by molar-refractivity contribution is -0.113. The number of amides is 1. The predicted molar refractivity (Wildman–Crippen MR) is 95.6 cm³/mol. The van der Waals surface area contributed by atoms with Crippen LogP contribution in [0.2, 0.25) is 0 Å². The summed E-state index contributed by atoms with van der Waals surface area (Å²) < 4.78 is 0.962. The normalized spacial score (nSPS) is 10.3. The molecule has 1 N–H and O–H groups in total. The number of benzene rings is 2. The van der Waals surface area contributed by atoms with Gasteiger partial charge in [-0.25, -0.2) is 0 Å². The van der Waals surface area contributed by atoms with Crippen molar-refractivity contribution in [1.29, 1.82) is 0 Å². The Balaban J connectivity index is 1.75. The van der Waals surface area contributed by atoms with Gasteiger partial charge in [0.25, 0.3) is 0 Å². The summed E-state index contributed by atoms with van der Waals surface area (Å²) in [5, 5.41) is 2.80. The molecule has 0 heterocycles. The molecule has 2 aromatic carbocycles. The molecule has 5 heteroatoms. The van der Waals surface area contributed by atoms with Crippen LogP contribution in [0.3, 0.4) is 0 Å². The maximum atomic E-state index is 12.0. The summed E-state index contributed by atoms with van der Waals surface area (Å²) in [5.74, 6) is 0.496. The number of ketones is 1. The number of hydrogen-bond donors (Lipinski definition) is 1. The third kappa shape index (κ3) is 5.31. The van der Waals surface area contributed by atoms with Gasteiger partial charge in [0.05, 0.1) is 11.5 Å². The van der Waals surface area contributed by atoms with Gasteiger partial charge in [-0.05, 0) is 31.2 Å². The first-order valence-electron chi connectivity index (χ1n) is 6.77. The van der Waals surface area contributed by atoms with Gasteiger partial charge in [-0.2, -0.15) is 0 Å². The van der Waals surface area contributed by atoms with E-state index in [0.29, 0.717) is 11.3 Å². The van der Waals surface area contributed by atoms with Crippen LogP contribution >= 0.6 is 27.7 Å². The first-order chi connectivity index (χ1) is 10.5. The number of carbonyl (C=O) groups excluding carboxylic acids is 2. The number of hydrogen-bond acceptors (Lipinski definition) is 3. The molecule has 0 saturated heterocycles. The Morgan fingerprint density at radius 2 is 1.64 bits per heavy atom. The van der Waals surface area contributed by atoms with E-state index in [1.165, 1.54) is 11.8 Å². The topological polar surface area (TPSA) is 46.2 Å². The van der Waals surface area contributed by atoms with Crippen molar-refractivity contribution in [3.8, 4) is 0 Å². The van der Waals surface area contributed by atoms with Crippen LogP contribution < -0.4 is 5.32 Å². The Morgan fingerprint density at radius 1 is 1.00 bits per heavy atom. The number of anilines is 1. The van der Waals surface area contributed by atoms with E-state index in [0.717, 1.165) is 15.7 Å². The predicted octanol–water partition coefficient (Wildman–Crippen LogP) is 4.31. The van der Waals surface area contributed by atoms with Gasteiger partial charge in [0.1, 0.15) is 0 Å². The largest absolute Gasteiger partial charge is 0.325 e. The van der Waals surface area contributed by atoms with Crippen LogP contribution in [-0.2, 0) is 4.79 Å². The third-order valence-electron chi connectivity index (χ3n) is 2.97. The average molecular weight is 378 g/mol. The van der Waals surface area contributed by atoms with E-state index in [2.05, 4.69) is 21.2 Å². The Hall–Kier alpha value is -1.59. The summed E-state index contributed by atoms with van der Waals surface area (Å²) in [6.45, 7) is 1.98. The molecule has 114 valence electrons. The van der Waals surface area contributed by atoms with Gasteiger partial charge in [0, 0.05) is 15.7 Å². The number of rotatable bonds is 6. The van der Waals surface area contributed by atoms with E-state index in [4.69, 9.17) is 0 Å². The summed E-state index contributed by atoms with van der Waals surface area (Å²) >= 11 is 4.66. The molecule has 0 atom stereocenters. The molecule has 0 saturated carbocycles. The van der Waals surface area contributed by atoms with Crippen LogP contribution in [0.4, 0.5) is 5.69 Å². The van der Waals surface area contributed by atoms with Gasteiger partial charge < -0.3 is 5.32 Å². The fourth-order valence-corrected chi connectivity index (χ4v) is 2.77. The van der Waals surface area contributed by atoms with E-state index in [1.54, 1.807) is 0 Å². The molecule has 0 spiro atoms. The fraction of sp³-hybridized carbons (Fsp3) is 0.176. The summed E-state index contributed by atoms with van der Waals surface area (Å²) in [4.78, 5) is 23.8. The smallest absolute Gasteiger partial charge is 0.234 e. The molecular weight excluding hydrogens is 362 g/mol. The molecule has 1 amide bonds. The summed E-state index contributed by atoms with van der Waals surface area (Å²) in [6, 6.07) is 14.8. The van der Waals surface area contributed by atoms with Crippen molar-refractivity contribution in [3.63, 3.8) is 0 Å². The molecule has 3 nitrogen and oxygen atoms in total. The van der Waals surface area contributed by atoms with E-state index >= 15 is 0 Å². The van der Waals surface area contributed by atoms with Crippen LogP contribution in [0.1, 0.15) is 15.9 Å². The number of carbonyl (C=O) groups is 2. The molecule has 0 aliphatic heterocycles. The molecule has 0 unspecified atom stereocenters. The number of Topliss-reactive ketones (excluding diaryl/α,β-unsaturated/α-hetero) is 1. The summed E-state index contributed by atoms with van der Waals surface area (Å²) in [5.41, 5.74) is 2.56. The lowest BCUT2D eigenvalue weighted by atomic mass is 10.1. The van der Waals surface area contributed by atoms with E-state index < -0.39 is 0 Å². The van der Waals surface area contributed by atoms with Crippen molar-refractivity contribution >= 4 is 45.1 Å². The number of aryl methyl sites for hydroxylation is 1. The highest BCUT2D eigenvalue weighted by Crippen LogP contribution is 2.15. The second-order valence-electron chi connectivity index (χ2n) is 4.84. The Labute approximate surface area is 142 Å². The Bertz CT molecular complexity index is 653. The number of halogens is 1. The lowest BCUT2D eigenvalue weighted by Crippen LogP contribution is -2.15. The van der Waals surface area contributed by atoms with Crippen molar-refractivity contribution in [3.05, 3.63) is 64.1 Å². The molecule has 0 aromatic heterocycles. The van der Waals surface area contributed by atoms with Crippen LogP contribution in [0, 0.1) is 6.92 Å². The van der Waals surface area contributed by atoms with Crippen LogP contribution in [0.25, 0.3) is 0 Å². The lowest BCUT2D eigenvalue weighted by Gasteiger charge is -2.05. The first kappa shape index (κ1) is 16.8. The van der Waals surface area contributed by atoms with Gasteiger partial charge in [-0.15, -0.1) is 11.8 Å². The molecule has 0 radical (unpaired) electrons. The minimum atomic E-state index is -0.107. The van der Waals surface area contributed by atoms with Crippen molar-refractivity contribution in [1.82, 2.24) is 0 Å². The Morgan fingerprint density at radius 3 is 2.27 bits per heavy atom. The van der Waals surface area contributed by atoms with Gasteiger partial charge in [-0.3, -0.25) is 9.59 Å². The molecule has 0 aliphatic rings. The average Bonchev–Trinajstić information content (AvgIpc) is 2.50. The highest BCUT2D eigenvalue weighted by atomic mass is 79.9. The zero-order valence-electron chi connectivity index (χ0n) is 12.1. The highest BCUT2D eigenvalue weighted by molar-refractivity contribution is 9.10. The van der Waals surface area contributed by atoms with Crippen LogP contribution in [-0.4, -0.2) is 23.2 Å². The van der Waals surface area contributed by atoms with Gasteiger partial charge >= 0.3 is 0 Å². The van der Waals surface area contributed by atoms with E-state index in [1.807, 2.05) is 55.5 Å². The van der Waals surface area contributed by atoms with Crippen molar-refractivity contribution in [2.45, 2.75) is 6.92 Å². The van der Waals surface area contributed by atoms with Crippen LogP contribution in [0.15, 0.2) is 53.0 Å². The van der Waals surface area contributed by atoms with Crippen molar-refractivity contribution in [2.75, 3.05) is 16.8 Å². The van der Waals surface area contributed by atoms with Gasteiger partial charge in [0.2, 0.25) is 5.91 Å². The second-order valence-corrected chi connectivity index (χ2v) is 6.74. The minimum Gasteiger partial charge on any atom is -0.325 e. The fourth-order valence-electron chi connectivity index (χ4n) is 1.79. The standard InChI is InChI=1S/C17H16BrNO2S/c1-12-2-4-13(5-3-12)16(20)10-22-11-17(21)19-15-8-6-14(18)7-9-15/h2-9H,10-11H2,1H3,(H,19,21). The summed E-state index contributed by atoms with van der Waals surface area (Å²) in [6.07, 6.45) is 0. The maximum Gasteiger partial charge on any atom is 0.234 e. The van der Waals surface area contributed by atoms with E-state index in [9.17, 15) is 9.59 Å². The minimum absolute atomic E-state index is 0.0430. The summed E-state index contributed by atoms with van der Waals surface area (Å²) in [7, 11) is 0. The monoisotopic (exact) mass is 377 g/mol. The molecular formula is C17H16BrNO2S. The molecule has 0 fully saturated rings. The Kier molecular flexibility index (Phi) is 6.21. The van der Waals surface area contributed by atoms with Gasteiger partial charge in [-0.1, -0.05) is 45.8 Å². The van der Waals surface area contributed by atoms with Gasteiger partial charge in [0.15, 0.2) is 5.78 Å². The number of thioether (sulfide) groups is 1. The number of nitrogens with one attached hydrogen (secondary N) is 1. The molecule has 0 aliphatic carbocycles. The molecule has 0 bridgehead atoms.